The Morgan fingerprint density at radius 1 is 1.17 bits per heavy atom. The molecule has 7 heteroatoms. The fourth-order valence-corrected chi connectivity index (χ4v) is 2.35. The summed E-state index contributed by atoms with van der Waals surface area (Å²) in [6.45, 7) is -2.60. The Labute approximate surface area is 147 Å². The van der Waals surface area contributed by atoms with E-state index in [9.17, 15) is 13.6 Å². The summed E-state index contributed by atoms with van der Waals surface area (Å²) in [7, 11) is 1.65. The standard InChI is InChI=1S/C17H16BrF2NO3/c1-21(10-12-6-8-13(9-7-12)24-17(19)20)16(22)11-23-15-5-3-2-4-14(15)18/h2-9,17H,10-11H2,1H3. The molecule has 24 heavy (non-hydrogen) atoms. The van der Waals surface area contributed by atoms with Gasteiger partial charge in [-0.2, -0.15) is 8.78 Å². The van der Waals surface area contributed by atoms with Crippen molar-refractivity contribution >= 4 is 21.8 Å². The van der Waals surface area contributed by atoms with Crippen molar-refractivity contribution in [3.63, 3.8) is 0 Å². The van der Waals surface area contributed by atoms with Crippen LogP contribution in [-0.4, -0.2) is 31.1 Å². The minimum absolute atomic E-state index is 0.0833. The van der Waals surface area contributed by atoms with Crippen LogP contribution in [0.5, 0.6) is 11.5 Å². The number of halogens is 3. The van der Waals surface area contributed by atoms with Gasteiger partial charge in [0.1, 0.15) is 11.5 Å². The number of hydrogen-bond acceptors (Lipinski definition) is 3. The Morgan fingerprint density at radius 3 is 2.46 bits per heavy atom. The van der Waals surface area contributed by atoms with Crippen LogP contribution in [0.2, 0.25) is 0 Å². The predicted octanol–water partition coefficient (Wildman–Crippen LogP) is 4.09. The van der Waals surface area contributed by atoms with E-state index >= 15 is 0 Å². The van der Waals surface area contributed by atoms with E-state index in [0.717, 1.165) is 10.0 Å². The average Bonchev–Trinajstić information content (AvgIpc) is 2.55. The Balaban J connectivity index is 1.86. The summed E-state index contributed by atoms with van der Waals surface area (Å²) < 4.78 is 34.7. The monoisotopic (exact) mass is 399 g/mol. The molecule has 0 unspecified atom stereocenters. The van der Waals surface area contributed by atoms with E-state index in [1.807, 2.05) is 18.2 Å². The average molecular weight is 400 g/mol. The second-order valence-electron chi connectivity index (χ2n) is 4.99. The number of likely N-dealkylation sites (N-methyl/N-ethyl adjacent to an activating group) is 1. The summed E-state index contributed by atoms with van der Waals surface area (Å²) >= 11 is 3.35. The first-order chi connectivity index (χ1) is 11.5. The van der Waals surface area contributed by atoms with Gasteiger partial charge in [0.25, 0.3) is 5.91 Å². The molecule has 0 heterocycles. The maximum Gasteiger partial charge on any atom is 0.387 e. The maximum atomic E-state index is 12.1. The first kappa shape index (κ1) is 18.2. The number of alkyl halides is 2. The maximum absolute atomic E-state index is 12.1. The van der Waals surface area contributed by atoms with Gasteiger partial charge >= 0.3 is 6.61 Å². The molecule has 0 aliphatic carbocycles. The molecule has 0 bridgehead atoms. The van der Waals surface area contributed by atoms with E-state index in [1.54, 1.807) is 25.2 Å². The van der Waals surface area contributed by atoms with Crippen molar-refractivity contribution in [3.05, 3.63) is 58.6 Å². The highest BCUT2D eigenvalue weighted by Crippen LogP contribution is 2.23. The number of carbonyl (C=O) groups excluding carboxylic acids is 1. The molecule has 128 valence electrons. The molecular formula is C17H16BrF2NO3. The zero-order chi connectivity index (χ0) is 17.5. The molecule has 0 aliphatic rings. The van der Waals surface area contributed by atoms with Crippen LogP contribution in [0.25, 0.3) is 0 Å². The highest BCUT2D eigenvalue weighted by atomic mass is 79.9. The van der Waals surface area contributed by atoms with Crippen LogP contribution >= 0.6 is 15.9 Å². The lowest BCUT2D eigenvalue weighted by Crippen LogP contribution is -2.31. The summed E-state index contributed by atoms with van der Waals surface area (Å²) in [5.41, 5.74) is 0.799. The molecule has 0 saturated heterocycles. The molecular weight excluding hydrogens is 384 g/mol. The Hall–Kier alpha value is -2.15. The highest BCUT2D eigenvalue weighted by molar-refractivity contribution is 9.10. The summed E-state index contributed by atoms with van der Waals surface area (Å²) in [6, 6.07) is 13.4. The van der Waals surface area contributed by atoms with Crippen LogP contribution in [0.15, 0.2) is 53.0 Å². The fourth-order valence-electron chi connectivity index (χ4n) is 1.95. The van der Waals surface area contributed by atoms with Crippen LogP contribution < -0.4 is 9.47 Å². The van der Waals surface area contributed by atoms with Gasteiger partial charge in [-0.15, -0.1) is 0 Å². The molecule has 1 amide bonds. The van der Waals surface area contributed by atoms with Crippen LogP contribution in [0, 0.1) is 0 Å². The molecule has 0 fully saturated rings. The van der Waals surface area contributed by atoms with E-state index in [0.29, 0.717) is 12.3 Å². The van der Waals surface area contributed by atoms with Crippen LogP contribution in [0.1, 0.15) is 5.56 Å². The SMILES string of the molecule is CN(Cc1ccc(OC(F)F)cc1)C(=O)COc1ccccc1Br. The molecule has 2 aromatic rings. The van der Waals surface area contributed by atoms with Crippen molar-refractivity contribution < 1.29 is 23.0 Å². The number of nitrogens with zero attached hydrogens (tertiary/aromatic N) is 1. The lowest BCUT2D eigenvalue weighted by Gasteiger charge is -2.18. The van der Waals surface area contributed by atoms with Crippen molar-refractivity contribution in [2.24, 2.45) is 0 Å². The third kappa shape index (κ3) is 5.49. The fraction of sp³-hybridized carbons (Fsp3) is 0.235. The van der Waals surface area contributed by atoms with E-state index in [1.165, 1.54) is 17.0 Å². The second kappa shape index (κ2) is 8.63. The molecule has 0 radical (unpaired) electrons. The van der Waals surface area contributed by atoms with Crippen LogP contribution in [0.3, 0.4) is 0 Å². The number of amides is 1. The zero-order valence-electron chi connectivity index (χ0n) is 12.9. The van der Waals surface area contributed by atoms with Gasteiger partial charge in [-0.05, 0) is 45.8 Å². The summed E-state index contributed by atoms with van der Waals surface area (Å²) in [6.07, 6.45) is 0. The quantitative estimate of drug-likeness (QED) is 0.703. The molecule has 0 aliphatic heterocycles. The van der Waals surface area contributed by atoms with Gasteiger partial charge in [0.2, 0.25) is 0 Å². The molecule has 4 nitrogen and oxygen atoms in total. The van der Waals surface area contributed by atoms with Crippen LogP contribution in [-0.2, 0) is 11.3 Å². The van der Waals surface area contributed by atoms with E-state index in [4.69, 9.17) is 4.74 Å². The molecule has 0 N–H and O–H groups in total. The Bertz CT molecular complexity index is 680. The molecule has 0 saturated carbocycles. The Morgan fingerprint density at radius 2 is 1.83 bits per heavy atom. The van der Waals surface area contributed by atoms with Gasteiger partial charge in [-0.25, -0.2) is 0 Å². The van der Waals surface area contributed by atoms with Crippen molar-refractivity contribution in [3.8, 4) is 11.5 Å². The summed E-state index contributed by atoms with van der Waals surface area (Å²) in [5.74, 6) is 0.478. The second-order valence-corrected chi connectivity index (χ2v) is 5.85. The summed E-state index contributed by atoms with van der Waals surface area (Å²) in [4.78, 5) is 13.6. The number of rotatable bonds is 7. The molecule has 2 aromatic carbocycles. The predicted molar refractivity (Wildman–Crippen MR) is 89.2 cm³/mol. The lowest BCUT2D eigenvalue weighted by atomic mass is 10.2. The van der Waals surface area contributed by atoms with Crippen LogP contribution in [0.4, 0.5) is 8.78 Å². The topological polar surface area (TPSA) is 38.8 Å². The third-order valence-electron chi connectivity index (χ3n) is 3.18. The van der Waals surface area contributed by atoms with Gasteiger partial charge in [0.05, 0.1) is 4.47 Å². The molecule has 2 rings (SSSR count). The molecule has 0 aromatic heterocycles. The Kier molecular flexibility index (Phi) is 6.54. The first-order valence-electron chi connectivity index (χ1n) is 7.11. The lowest BCUT2D eigenvalue weighted by molar-refractivity contribution is -0.132. The summed E-state index contributed by atoms with van der Waals surface area (Å²) in [5, 5.41) is 0. The van der Waals surface area contributed by atoms with Crippen molar-refractivity contribution in [1.82, 2.24) is 4.90 Å². The highest BCUT2D eigenvalue weighted by Gasteiger charge is 2.12. The molecule has 0 spiro atoms. The minimum Gasteiger partial charge on any atom is -0.483 e. The largest absolute Gasteiger partial charge is 0.483 e. The molecule has 0 atom stereocenters. The van der Waals surface area contributed by atoms with Gasteiger partial charge in [-0.3, -0.25) is 4.79 Å². The number of carbonyl (C=O) groups is 1. The number of hydrogen-bond donors (Lipinski definition) is 0. The van der Waals surface area contributed by atoms with Gasteiger partial charge in [0.15, 0.2) is 6.61 Å². The van der Waals surface area contributed by atoms with Gasteiger partial charge in [-0.1, -0.05) is 24.3 Å². The first-order valence-corrected chi connectivity index (χ1v) is 7.90. The minimum atomic E-state index is -2.85. The van der Waals surface area contributed by atoms with Gasteiger partial charge < -0.3 is 14.4 Å². The third-order valence-corrected chi connectivity index (χ3v) is 3.84. The zero-order valence-corrected chi connectivity index (χ0v) is 14.5. The number of benzene rings is 2. The van der Waals surface area contributed by atoms with E-state index < -0.39 is 6.61 Å². The van der Waals surface area contributed by atoms with Crippen molar-refractivity contribution in [2.45, 2.75) is 13.2 Å². The number of ether oxygens (including phenoxy) is 2. The van der Waals surface area contributed by atoms with Gasteiger partial charge in [0, 0.05) is 13.6 Å². The van der Waals surface area contributed by atoms with E-state index in [-0.39, 0.29) is 18.3 Å². The van der Waals surface area contributed by atoms with Crippen molar-refractivity contribution in [2.75, 3.05) is 13.7 Å². The smallest absolute Gasteiger partial charge is 0.387 e. The van der Waals surface area contributed by atoms with E-state index in [2.05, 4.69) is 20.7 Å². The normalized spacial score (nSPS) is 10.5. The van der Waals surface area contributed by atoms with Crippen molar-refractivity contribution in [1.29, 1.82) is 0 Å². The number of para-hydroxylation sites is 1.